The van der Waals surface area contributed by atoms with Crippen molar-refractivity contribution < 1.29 is 4.74 Å². The molecule has 1 aliphatic heterocycles. The zero-order valence-electron chi connectivity index (χ0n) is 14.7. The summed E-state index contributed by atoms with van der Waals surface area (Å²) in [5, 5.41) is 3.59. The molecule has 1 aromatic rings. The van der Waals surface area contributed by atoms with Crippen LogP contribution in [0.2, 0.25) is 0 Å². The molecule has 1 heterocycles. The van der Waals surface area contributed by atoms with Crippen LogP contribution in [0.15, 0.2) is 24.3 Å². The van der Waals surface area contributed by atoms with Crippen LogP contribution in [0.1, 0.15) is 56.9 Å². The molecule has 0 unspecified atom stereocenters. The predicted octanol–water partition coefficient (Wildman–Crippen LogP) is 3.93. The van der Waals surface area contributed by atoms with Crippen LogP contribution in [-0.4, -0.2) is 38.2 Å². The molecule has 1 N–H and O–H groups in total. The quantitative estimate of drug-likeness (QED) is 0.771. The first-order valence-electron chi connectivity index (χ1n) is 9.47. The van der Waals surface area contributed by atoms with Crippen LogP contribution in [0.3, 0.4) is 0 Å². The van der Waals surface area contributed by atoms with E-state index in [1.165, 1.54) is 70.1 Å². The lowest BCUT2D eigenvalue weighted by Gasteiger charge is -2.37. The lowest BCUT2D eigenvalue weighted by Crippen LogP contribution is -2.41. The Kier molecular flexibility index (Phi) is 5.96. The van der Waals surface area contributed by atoms with Gasteiger partial charge in [-0.15, -0.1) is 0 Å². The summed E-state index contributed by atoms with van der Waals surface area (Å²) in [6, 6.07) is 8.83. The van der Waals surface area contributed by atoms with Crippen molar-refractivity contribution in [3.63, 3.8) is 0 Å². The molecule has 0 bridgehead atoms. The Balaban J connectivity index is 1.48. The number of hydrogen-bond donors (Lipinski definition) is 1. The maximum Gasteiger partial charge on any atom is 0.119 e. The SMILES string of the molecule is CNC1(c2ccc(OCCCN3CCCC3)cc2)CCCCC1. The summed E-state index contributed by atoms with van der Waals surface area (Å²) < 4.78 is 5.93. The van der Waals surface area contributed by atoms with E-state index >= 15 is 0 Å². The third-order valence-electron chi connectivity index (χ3n) is 5.68. The van der Waals surface area contributed by atoms with Gasteiger partial charge in [0.1, 0.15) is 5.75 Å². The van der Waals surface area contributed by atoms with Crippen LogP contribution >= 0.6 is 0 Å². The average Bonchev–Trinajstić information content (AvgIpc) is 3.13. The van der Waals surface area contributed by atoms with Gasteiger partial charge in [0.2, 0.25) is 0 Å². The van der Waals surface area contributed by atoms with Crippen molar-refractivity contribution in [2.24, 2.45) is 0 Å². The van der Waals surface area contributed by atoms with Crippen molar-refractivity contribution in [3.05, 3.63) is 29.8 Å². The van der Waals surface area contributed by atoms with Gasteiger partial charge in [0.15, 0.2) is 0 Å². The minimum absolute atomic E-state index is 0.187. The van der Waals surface area contributed by atoms with E-state index in [2.05, 4.69) is 41.5 Å². The van der Waals surface area contributed by atoms with E-state index in [0.29, 0.717) is 0 Å². The highest BCUT2D eigenvalue weighted by molar-refractivity contribution is 5.32. The van der Waals surface area contributed by atoms with E-state index < -0.39 is 0 Å². The third-order valence-corrected chi connectivity index (χ3v) is 5.68. The molecule has 3 nitrogen and oxygen atoms in total. The minimum Gasteiger partial charge on any atom is -0.494 e. The van der Waals surface area contributed by atoms with Gasteiger partial charge in [-0.2, -0.15) is 0 Å². The van der Waals surface area contributed by atoms with Gasteiger partial charge >= 0.3 is 0 Å². The molecule has 3 heteroatoms. The molecule has 1 saturated heterocycles. The van der Waals surface area contributed by atoms with Gasteiger partial charge in [0.05, 0.1) is 6.61 Å². The minimum atomic E-state index is 0.187. The summed E-state index contributed by atoms with van der Waals surface area (Å²) >= 11 is 0. The molecule has 23 heavy (non-hydrogen) atoms. The molecule has 128 valence electrons. The fourth-order valence-electron chi connectivity index (χ4n) is 4.19. The Morgan fingerprint density at radius 2 is 1.70 bits per heavy atom. The van der Waals surface area contributed by atoms with Crippen molar-refractivity contribution in [3.8, 4) is 5.75 Å². The highest BCUT2D eigenvalue weighted by atomic mass is 16.5. The summed E-state index contributed by atoms with van der Waals surface area (Å²) in [7, 11) is 2.11. The summed E-state index contributed by atoms with van der Waals surface area (Å²) in [6.45, 7) is 4.57. The largest absolute Gasteiger partial charge is 0.494 e. The molecular formula is C20H32N2O. The second kappa shape index (κ2) is 8.16. The third kappa shape index (κ3) is 4.27. The topological polar surface area (TPSA) is 24.5 Å². The molecule has 0 atom stereocenters. The van der Waals surface area contributed by atoms with Crippen molar-refractivity contribution in [1.82, 2.24) is 10.2 Å². The summed E-state index contributed by atoms with van der Waals surface area (Å²) in [4.78, 5) is 2.55. The highest BCUT2D eigenvalue weighted by Crippen LogP contribution is 2.37. The Morgan fingerprint density at radius 1 is 1.00 bits per heavy atom. The number of rotatable bonds is 7. The fraction of sp³-hybridized carbons (Fsp3) is 0.700. The summed E-state index contributed by atoms with van der Waals surface area (Å²) in [5.74, 6) is 1.01. The van der Waals surface area contributed by atoms with E-state index in [-0.39, 0.29) is 5.54 Å². The lowest BCUT2D eigenvalue weighted by molar-refractivity contribution is 0.249. The first kappa shape index (κ1) is 16.8. The molecule has 2 fully saturated rings. The van der Waals surface area contributed by atoms with Crippen LogP contribution in [0.25, 0.3) is 0 Å². The lowest BCUT2D eigenvalue weighted by atomic mass is 9.77. The Hall–Kier alpha value is -1.06. The molecular weight excluding hydrogens is 284 g/mol. The van der Waals surface area contributed by atoms with Crippen molar-refractivity contribution >= 4 is 0 Å². The van der Waals surface area contributed by atoms with Crippen LogP contribution in [0.4, 0.5) is 0 Å². The van der Waals surface area contributed by atoms with Crippen LogP contribution in [-0.2, 0) is 5.54 Å². The molecule has 0 radical (unpaired) electrons. The molecule has 3 rings (SSSR count). The molecule has 2 aliphatic rings. The van der Waals surface area contributed by atoms with Crippen molar-refractivity contribution in [2.45, 2.75) is 56.9 Å². The highest BCUT2D eigenvalue weighted by Gasteiger charge is 2.31. The summed E-state index contributed by atoms with van der Waals surface area (Å²) in [6.07, 6.45) is 10.4. The van der Waals surface area contributed by atoms with Gasteiger partial charge < -0.3 is 15.0 Å². The number of ether oxygens (including phenoxy) is 1. The monoisotopic (exact) mass is 316 g/mol. The van der Waals surface area contributed by atoms with Gasteiger partial charge in [-0.3, -0.25) is 0 Å². The number of benzene rings is 1. The molecule has 0 spiro atoms. The predicted molar refractivity (Wildman–Crippen MR) is 96.1 cm³/mol. The zero-order valence-corrected chi connectivity index (χ0v) is 14.7. The van der Waals surface area contributed by atoms with E-state index in [4.69, 9.17) is 4.74 Å². The fourth-order valence-corrected chi connectivity index (χ4v) is 4.19. The van der Waals surface area contributed by atoms with E-state index in [1.54, 1.807) is 0 Å². The number of likely N-dealkylation sites (tertiary alicyclic amines) is 1. The zero-order chi connectivity index (χ0) is 16.0. The number of hydrogen-bond acceptors (Lipinski definition) is 3. The van der Waals surface area contributed by atoms with Crippen LogP contribution in [0.5, 0.6) is 5.75 Å². The Bertz CT molecular complexity index is 459. The average molecular weight is 316 g/mol. The Labute approximate surface area is 141 Å². The second-order valence-corrected chi connectivity index (χ2v) is 7.17. The number of nitrogens with zero attached hydrogens (tertiary/aromatic N) is 1. The van der Waals surface area contributed by atoms with Gasteiger partial charge in [-0.25, -0.2) is 0 Å². The van der Waals surface area contributed by atoms with Gasteiger partial charge in [-0.1, -0.05) is 31.4 Å². The standard InChI is InChI=1S/C20H32N2O/c1-21-20(12-3-2-4-13-20)18-8-10-19(11-9-18)23-17-7-16-22-14-5-6-15-22/h8-11,21H,2-7,12-17H2,1H3. The maximum absolute atomic E-state index is 5.93. The molecule has 0 amide bonds. The van der Waals surface area contributed by atoms with E-state index in [9.17, 15) is 0 Å². The van der Waals surface area contributed by atoms with Crippen molar-refractivity contribution in [1.29, 1.82) is 0 Å². The molecule has 1 aliphatic carbocycles. The molecule has 1 aromatic carbocycles. The Morgan fingerprint density at radius 3 is 2.35 bits per heavy atom. The normalized spacial score (nSPS) is 21.4. The number of nitrogens with one attached hydrogen (secondary N) is 1. The first-order valence-corrected chi connectivity index (χ1v) is 9.47. The summed E-state index contributed by atoms with van der Waals surface area (Å²) in [5.41, 5.74) is 1.61. The second-order valence-electron chi connectivity index (χ2n) is 7.17. The van der Waals surface area contributed by atoms with E-state index in [0.717, 1.165) is 18.8 Å². The van der Waals surface area contributed by atoms with Crippen LogP contribution < -0.4 is 10.1 Å². The smallest absolute Gasteiger partial charge is 0.119 e. The van der Waals surface area contributed by atoms with E-state index in [1.807, 2.05) is 0 Å². The van der Waals surface area contributed by atoms with Crippen molar-refractivity contribution in [2.75, 3.05) is 33.3 Å². The molecule has 0 aromatic heterocycles. The van der Waals surface area contributed by atoms with Gasteiger partial charge in [0, 0.05) is 12.1 Å². The van der Waals surface area contributed by atoms with Gasteiger partial charge in [0.25, 0.3) is 0 Å². The first-order chi connectivity index (χ1) is 11.3. The van der Waals surface area contributed by atoms with Crippen LogP contribution in [0, 0.1) is 0 Å². The molecule has 1 saturated carbocycles. The van der Waals surface area contributed by atoms with Gasteiger partial charge in [-0.05, 0) is 69.9 Å². The maximum atomic E-state index is 5.93.